The lowest BCUT2D eigenvalue weighted by atomic mass is 10.1. The molecule has 0 aromatic heterocycles. The molecule has 0 heterocycles. The van der Waals surface area contributed by atoms with Gasteiger partial charge in [-0.2, -0.15) is 0 Å². The number of halogens is 1. The first-order valence-corrected chi connectivity index (χ1v) is 6.58. The van der Waals surface area contributed by atoms with Crippen LogP contribution in [0.5, 0.6) is 5.75 Å². The quantitative estimate of drug-likeness (QED) is 0.750. The Balaban J connectivity index is 2.16. The maximum absolute atomic E-state index is 11.8. The average Bonchev–Trinajstić information content (AvgIpc) is 2.46. The highest BCUT2D eigenvalue weighted by Gasteiger charge is 2.10. The van der Waals surface area contributed by atoms with Crippen molar-refractivity contribution >= 4 is 17.4 Å². The fraction of sp³-hybridized carbons (Fsp3) is 0.188. The van der Waals surface area contributed by atoms with Crippen molar-refractivity contribution < 1.29 is 9.53 Å². The second-order valence-corrected chi connectivity index (χ2v) is 4.56. The summed E-state index contributed by atoms with van der Waals surface area (Å²) in [5.74, 6) is 0.684. The molecule has 2 nitrogen and oxygen atoms in total. The molecule has 2 aromatic rings. The Morgan fingerprint density at radius 1 is 1.11 bits per heavy atom. The minimum Gasteiger partial charge on any atom is -0.488 e. The SMILES string of the molecule is CCC(=O)c1ccccc1OCc1ccccc1Cl. The topological polar surface area (TPSA) is 26.3 Å². The van der Waals surface area contributed by atoms with Crippen molar-refractivity contribution in [1.29, 1.82) is 0 Å². The Morgan fingerprint density at radius 3 is 2.53 bits per heavy atom. The Morgan fingerprint density at radius 2 is 1.79 bits per heavy atom. The van der Waals surface area contributed by atoms with Crippen molar-refractivity contribution in [2.45, 2.75) is 20.0 Å². The van der Waals surface area contributed by atoms with Crippen LogP contribution in [0.2, 0.25) is 5.02 Å². The summed E-state index contributed by atoms with van der Waals surface area (Å²) in [7, 11) is 0. The van der Waals surface area contributed by atoms with Gasteiger partial charge < -0.3 is 4.74 Å². The lowest BCUT2D eigenvalue weighted by Gasteiger charge is -2.11. The summed E-state index contributed by atoms with van der Waals surface area (Å²) in [5, 5.41) is 0.668. The van der Waals surface area contributed by atoms with Crippen molar-refractivity contribution in [2.75, 3.05) is 0 Å². The molecule has 0 aliphatic heterocycles. The average molecular weight is 275 g/mol. The standard InChI is InChI=1S/C16H15ClO2/c1-2-15(18)13-8-4-6-10-16(13)19-11-12-7-3-5-9-14(12)17/h3-10H,2,11H2,1H3. The van der Waals surface area contributed by atoms with Crippen LogP contribution in [0.1, 0.15) is 29.3 Å². The van der Waals surface area contributed by atoms with Crippen LogP contribution >= 0.6 is 11.6 Å². The molecule has 2 rings (SSSR count). The third-order valence-electron chi connectivity index (χ3n) is 2.85. The first kappa shape index (κ1) is 13.6. The zero-order valence-corrected chi connectivity index (χ0v) is 11.5. The molecular weight excluding hydrogens is 260 g/mol. The Hall–Kier alpha value is -1.80. The van der Waals surface area contributed by atoms with E-state index in [2.05, 4.69) is 0 Å². The minimum absolute atomic E-state index is 0.0785. The fourth-order valence-electron chi connectivity index (χ4n) is 1.78. The minimum atomic E-state index is 0.0785. The van der Waals surface area contributed by atoms with Gasteiger partial charge in [-0.25, -0.2) is 0 Å². The van der Waals surface area contributed by atoms with E-state index in [1.54, 1.807) is 12.1 Å². The molecule has 3 heteroatoms. The second kappa shape index (κ2) is 6.39. The first-order chi connectivity index (χ1) is 9.22. The highest BCUT2D eigenvalue weighted by molar-refractivity contribution is 6.31. The van der Waals surface area contributed by atoms with E-state index in [0.717, 1.165) is 5.56 Å². The van der Waals surface area contributed by atoms with Crippen LogP contribution in [-0.4, -0.2) is 5.78 Å². The molecule has 0 bridgehead atoms. The van der Waals surface area contributed by atoms with Crippen LogP contribution in [0.3, 0.4) is 0 Å². The van der Waals surface area contributed by atoms with Crippen LogP contribution in [-0.2, 0) is 6.61 Å². The van der Waals surface area contributed by atoms with Crippen LogP contribution < -0.4 is 4.74 Å². The molecule has 0 amide bonds. The van der Waals surface area contributed by atoms with Gasteiger partial charge in [0, 0.05) is 17.0 Å². The molecule has 19 heavy (non-hydrogen) atoms. The number of benzene rings is 2. The number of rotatable bonds is 5. The summed E-state index contributed by atoms with van der Waals surface area (Å²) in [6.07, 6.45) is 0.465. The number of para-hydroxylation sites is 1. The number of ketones is 1. The molecule has 0 fully saturated rings. The summed E-state index contributed by atoms with van der Waals surface area (Å²) in [6.45, 7) is 2.20. The van der Waals surface area contributed by atoms with Crippen LogP contribution in [0.15, 0.2) is 48.5 Å². The molecular formula is C16H15ClO2. The molecule has 0 aliphatic carbocycles. The molecule has 98 valence electrons. The van der Waals surface area contributed by atoms with Crippen molar-refractivity contribution in [3.05, 3.63) is 64.7 Å². The van der Waals surface area contributed by atoms with E-state index in [1.165, 1.54) is 0 Å². The summed E-state index contributed by atoms with van der Waals surface area (Å²) in [5.41, 5.74) is 1.53. The van der Waals surface area contributed by atoms with Gasteiger partial charge in [0.15, 0.2) is 5.78 Å². The lowest BCUT2D eigenvalue weighted by Crippen LogP contribution is -2.03. The molecule has 0 spiro atoms. The highest BCUT2D eigenvalue weighted by Crippen LogP contribution is 2.22. The van der Waals surface area contributed by atoms with Gasteiger partial charge in [0.1, 0.15) is 12.4 Å². The monoisotopic (exact) mass is 274 g/mol. The maximum Gasteiger partial charge on any atom is 0.166 e. The van der Waals surface area contributed by atoms with Crippen molar-refractivity contribution in [2.24, 2.45) is 0 Å². The van der Waals surface area contributed by atoms with Gasteiger partial charge in [-0.3, -0.25) is 4.79 Å². The third kappa shape index (κ3) is 3.36. The van der Waals surface area contributed by atoms with Crippen LogP contribution in [0.4, 0.5) is 0 Å². The largest absolute Gasteiger partial charge is 0.488 e. The number of carbonyl (C=O) groups is 1. The zero-order valence-electron chi connectivity index (χ0n) is 10.7. The molecule has 0 N–H and O–H groups in total. The molecule has 0 saturated heterocycles. The van der Waals surface area contributed by atoms with E-state index in [0.29, 0.717) is 29.4 Å². The summed E-state index contributed by atoms with van der Waals surface area (Å²) in [6, 6.07) is 14.8. The van der Waals surface area contributed by atoms with Gasteiger partial charge in [-0.1, -0.05) is 48.9 Å². The second-order valence-electron chi connectivity index (χ2n) is 4.15. The molecule has 2 aromatic carbocycles. The Labute approximate surface area is 118 Å². The predicted octanol–water partition coefficient (Wildman–Crippen LogP) is 4.51. The van der Waals surface area contributed by atoms with Gasteiger partial charge in [0.2, 0.25) is 0 Å². The smallest absolute Gasteiger partial charge is 0.166 e. The number of hydrogen-bond donors (Lipinski definition) is 0. The van der Waals surface area contributed by atoms with Crippen LogP contribution in [0, 0.1) is 0 Å². The molecule has 0 aliphatic rings. The van der Waals surface area contributed by atoms with Gasteiger partial charge >= 0.3 is 0 Å². The lowest BCUT2D eigenvalue weighted by molar-refractivity contribution is 0.0983. The fourth-order valence-corrected chi connectivity index (χ4v) is 1.97. The van der Waals surface area contributed by atoms with E-state index in [-0.39, 0.29) is 5.78 Å². The normalized spacial score (nSPS) is 10.2. The molecule has 0 radical (unpaired) electrons. The molecule has 0 atom stereocenters. The third-order valence-corrected chi connectivity index (χ3v) is 3.22. The van der Waals surface area contributed by atoms with Gasteiger partial charge in [0.25, 0.3) is 0 Å². The zero-order chi connectivity index (χ0) is 13.7. The van der Waals surface area contributed by atoms with E-state index in [1.807, 2.05) is 43.3 Å². The summed E-state index contributed by atoms with van der Waals surface area (Å²) >= 11 is 6.07. The van der Waals surface area contributed by atoms with E-state index < -0.39 is 0 Å². The molecule has 0 saturated carbocycles. The number of ether oxygens (including phenoxy) is 1. The van der Waals surface area contributed by atoms with E-state index in [4.69, 9.17) is 16.3 Å². The van der Waals surface area contributed by atoms with Crippen LogP contribution in [0.25, 0.3) is 0 Å². The highest BCUT2D eigenvalue weighted by atomic mass is 35.5. The Bertz CT molecular complexity index is 578. The number of carbonyl (C=O) groups excluding carboxylic acids is 1. The van der Waals surface area contributed by atoms with E-state index >= 15 is 0 Å². The first-order valence-electron chi connectivity index (χ1n) is 6.20. The summed E-state index contributed by atoms with van der Waals surface area (Å²) < 4.78 is 5.72. The van der Waals surface area contributed by atoms with Crippen molar-refractivity contribution in [3.63, 3.8) is 0 Å². The summed E-state index contributed by atoms with van der Waals surface area (Å²) in [4.78, 5) is 11.8. The van der Waals surface area contributed by atoms with E-state index in [9.17, 15) is 4.79 Å². The Kier molecular flexibility index (Phi) is 4.58. The molecule has 0 unspecified atom stereocenters. The van der Waals surface area contributed by atoms with Crippen molar-refractivity contribution in [3.8, 4) is 5.75 Å². The van der Waals surface area contributed by atoms with Crippen molar-refractivity contribution in [1.82, 2.24) is 0 Å². The van der Waals surface area contributed by atoms with Gasteiger partial charge in [-0.15, -0.1) is 0 Å². The number of Topliss-reactive ketones (excluding diaryl/α,β-unsaturated/α-hetero) is 1. The number of hydrogen-bond acceptors (Lipinski definition) is 2. The van der Waals surface area contributed by atoms with Gasteiger partial charge in [-0.05, 0) is 18.2 Å². The predicted molar refractivity (Wildman–Crippen MR) is 76.8 cm³/mol. The van der Waals surface area contributed by atoms with Gasteiger partial charge in [0.05, 0.1) is 5.56 Å². The maximum atomic E-state index is 11.8.